The van der Waals surface area contributed by atoms with Crippen molar-refractivity contribution in [3.63, 3.8) is 0 Å². The highest BCUT2D eigenvalue weighted by molar-refractivity contribution is 9.09. The van der Waals surface area contributed by atoms with Crippen molar-refractivity contribution >= 4 is 45.4 Å². The number of alkyl halides is 1. The molecule has 3 unspecified atom stereocenters. The smallest absolute Gasteiger partial charge is 0.247 e. The summed E-state index contributed by atoms with van der Waals surface area (Å²) in [6.45, 7) is 14.7. The zero-order valence-electron chi connectivity index (χ0n) is 23.2. The van der Waals surface area contributed by atoms with Gasteiger partial charge in [-0.25, -0.2) is 0 Å². The van der Waals surface area contributed by atoms with Gasteiger partial charge in [0.1, 0.15) is 6.04 Å². The van der Waals surface area contributed by atoms with E-state index >= 15 is 0 Å². The second-order valence-corrected chi connectivity index (χ2v) is 13.5. The molecule has 1 N–H and O–H groups in total. The summed E-state index contributed by atoms with van der Waals surface area (Å²) < 4.78 is -0.615. The Morgan fingerprint density at radius 1 is 1.05 bits per heavy atom. The van der Waals surface area contributed by atoms with Crippen LogP contribution in [0.15, 0.2) is 25.3 Å². The van der Waals surface area contributed by atoms with Gasteiger partial charge in [-0.15, -0.1) is 24.9 Å². The van der Waals surface area contributed by atoms with Crippen molar-refractivity contribution in [1.82, 2.24) is 14.7 Å². The van der Waals surface area contributed by atoms with Crippen LogP contribution in [0.25, 0.3) is 0 Å². The van der Waals surface area contributed by atoms with Gasteiger partial charge in [0.05, 0.1) is 16.6 Å². The van der Waals surface area contributed by atoms with Crippen molar-refractivity contribution in [1.29, 1.82) is 0 Å². The minimum Gasteiger partial charge on any atom is -0.396 e. The lowest BCUT2D eigenvalue weighted by Gasteiger charge is -2.38. The van der Waals surface area contributed by atoms with Gasteiger partial charge in [0.25, 0.3) is 0 Å². The number of likely N-dealkylation sites (tertiary alicyclic amines) is 1. The number of carbonyl (C=O) groups excluding carboxylic acids is 3. The number of unbranched alkanes of at least 4 members (excludes halogenated alkanes) is 4. The second-order valence-electron chi connectivity index (χ2n) is 10.8. The topological polar surface area (TPSA) is 81.2 Å². The van der Waals surface area contributed by atoms with Crippen LogP contribution in [0.1, 0.15) is 65.2 Å². The first-order valence-corrected chi connectivity index (χ1v) is 16.1. The number of nitrogens with zero attached hydrogens (tertiary/aromatic N) is 3. The minimum absolute atomic E-state index is 0.0120. The van der Waals surface area contributed by atoms with Gasteiger partial charge in [-0.2, -0.15) is 0 Å². The molecule has 0 aromatic rings. The maximum Gasteiger partial charge on any atom is 0.247 e. The zero-order chi connectivity index (χ0) is 27.9. The first kappa shape index (κ1) is 31.2. The Balaban J connectivity index is 1.99. The molecule has 6 atom stereocenters. The summed E-state index contributed by atoms with van der Waals surface area (Å²) in [4.78, 5) is 48.1. The summed E-state index contributed by atoms with van der Waals surface area (Å²) in [5, 5.41) is 9.11. The molecule has 3 heterocycles. The van der Waals surface area contributed by atoms with Crippen molar-refractivity contribution in [3.8, 4) is 0 Å². The van der Waals surface area contributed by atoms with Gasteiger partial charge in [0, 0.05) is 49.4 Å². The standard InChI is InChI=1S/C29H46BrN3O4S/c1-5-9-17-32(16-8-4)28(37)25-29-20-21(30)24(38-29)22(26(35)31(14-6-2)15-7-3)23(29)27(36)33(25)18-12-10-11-13-19-34/h6,8,21-25,34H,2,4-5,7,9-20H2,1,3H3/t21?,22-,23-,24-,25?,29?/m0/s1. The number of amides is 3. The van der Waals surface area contributed by atoms with Crippen LogP contribution in [0, 0.1) is 11.8 Å². The molecule has 2 bridgehead atoms. The van der Waals surface area contributed by atoms with Gasteiger partial charge in [-0.3, -0.25) is 14.4 Å². The Kier molecular flexibility index (Phi) is 11.8. The summed E-state index contributed by atoms with van der Waals surface area (Å²) in [6, 6.07) is -0.582. The van der Waals surface area contributed by atoms with Gasteiger partial charge in [-0.1, -0.05) is 61.2 Å². The molecule has 1 spiro atoms. The van der Waals surface area contributed by atoms with E-state index in [9.17, 15) is 14.4 Å². The zero-order valence-corrected chi connectivity index (χ0v) is 25.6. The summed E-state index contributed by atoms with van der Waals surface area (Å²) in [7, 11) is 0. The van der Waals surface area contributed by atoms with Crippen LogP contribution in [-0.4, -0.2) is 97.7 Å². The van der Waals surface area contributed by atoms with E-state index in [0.717, 1.165) is 44.9 Å². The van der Waals surface area contributed by atoms with Crippen molar-refractivity contribution < 1.29 is 19.5 Å². The molecule has 0 aromatic carbocycles. The average molecular weight is 613 g/mol. The van der Waals surface area contributed by atoms with Crippen molar-refractivity contribution in [2.24, 2.45) is 11.8 Å². The van der Waals surface area contributed by atoms with Gasteiger partial charge in [0.2, 0.25) is 17.7 Å². The van der Waals surface area contributed by atoms with E-state index in [1.54, 1.807) is 23.9 Å². The molecule has 0 aliphatic carbocycles. The predicted molar refractivity (Wildman–Crippen MR) is 158 cm³/mol. The third-order valence-electron chi connectivity index (χ3n) is 8.21. The maximum absolute atomic E-state index is 14.3. The minimum atomic E-state index is -0.615. The van der Waals surface area contributed by atoms with Crippen LogP contribution < -0.4 is 0 Å². The summed E-state index contributed by atoms with van der Waals surface area (Å²) in [6.07, 6.45) is 10.2. The molecule has 3 fully saturated rings. The number of aliphatic hydroxyl groups excluding tert-OH is 1. The summed E-state index contributed by atoms with van der Waals surface area (Å²) in [5.41, 5.74) is 0. The van der Waals surface area contributed by atoms with E-state index in [4.69, 9.17) is 5.11 Å². The normalized spacial score (nSPS) is 29.4. The van der Waals surface area contributed by atoms with Crippen LogP contribution >= 0.6 is 27.7 Å². The molecule has 214 valence electrons. The quantitative estimate of drug-likeness (QED) is 0.151. The summed E-state index contributed by atoms with van der Waals surface area (Å²) in [5.74, 6) is -0.982. The largest absolute Gasteiger partial charge is 0.396 e. The van der Waals surface area contributed by atoms with Gasteiger partial charge in [0.15, 0.2) is 0 Å². The fourth-order valence-electron chi connectivity index (χ4n) is 6.58. The number of hydrogen-bond acceptors (Lipinski definition) is 5. The molecule has 3 aliphatic heterocycles. The van der Waals surface area contributed by atoms with E-state index in [-0.39, 0.29) is 34.4 Å². The lowest BCUT2D eigenvalue weighted by molar-refractivity contribution is -0.144. The number of halogens is 1. The fourth-order valence-corrected chi connectivity index (χ4v) is 10.2. The number of aliphatic hydroxyl groups is 1. The lowest BCUT2D eigenvalue weighted by Crippen LogP contribution is -2.56. The molecular weight excluding hydrogens is 566 g/mol. The van der Waals surface area contributed by atoms with Crippen LogP contribution in [0.2, 0.25) is 0 Å². The molecular formula is C29H46BrN3O4S. The van der Waals surface area contributed by atoms with Crippen molar-refractivity contribution in [2.45, 2.75) is 86.1 Å². The molecule has 0 saturated carbocycles. The molecule has 3 saturated heterocycles. The van der Waals surface area contributed by atoms with E-state index in [1.165, 1.54) is 0 Å². The molecule has 0 aromatic heterocycles. The molecule has 3 aliphatic rings. The van der Waals surface area contributed by atoms with Gasteiger partial charge in [-0.05, 0) is 32.1 Å². The molecule has 0 radical (unpaired) electrons. The van der Waals surface area contributed by atoms with E-state index in [0.29, 0.717) is 39.1 Å². The first-order chi connectivity index (χ1) is 18.3. The average Bonchev–Trinajstić information content (AvgIpc) is 3.49. The molecule has 3 amide bonds. The Hall–Kier alpha value is -1.32. The Labute approximate surface area is 241 Å². The van der Waals surface area contributed by atoms with Gasteiger partial charge < -0.3 is 19.8 Å². The van der Waals surface area contributed by atoms with E-state index in [1.807, 2.05) is 21.6 Å². The Morgan fingerprint density at radius 2 is 1.71 bits per heavy atom. The molecule has 3 rings (SSSR count). The van der Waals surface area contributed by atoms with Crippen LogP contribution in [0.3, 0.4) is 0 Å². The van der Waals surface area contributed by atoms with Crippen LogP contribution in [-0.2, 0) is 14.4 Å². The lowest BCUT2D eigenvalue weighted by atomic mass is 9.70. The van der Waals surface area contributed by atoms with E-state index < -0.39 is 22.6 Å². The highest BCUT2D eigenvalue weighted by atomic mass is 79.9. The van der Waals surface area contributed by atoms with Crippen LogP contribution in [0.4, 0.5) is 0 Å². The number of rotatable bonds is 17. The Morgan fingerprint density at radius 3 is 2.32 bits per heavy atom. The highest BCUT2D eigenvalue weighted by Gasteiger charge is 2.75. The third kappa shape index (κ3) is 6.04. The third-order valence-corrected chi connectivity index (χ3v) is 11.4. The highest BCUT2D eigenvalue weighted by Crippen LogP contribution is 2.68. The van der Waals surface area contributed by atoms with Crippen molar-refractivity contribution in [2.75, 3.05) is 39.3 Å². The SMILES string of the molecule is C=CCN(CCCC)C(=O)C1N(CCCCCCO)C(=O)[C@@H]2[C@H](C(=O)N(CC=C)CCC)[C@H]3SC12CC3Br. The predicted octanol–water partition coefficient (Wildman–Crippen LogP) is 4.24. The summed E-state index contributed by atoms with van der Waals surface area (Å²) >= 11 is 5.57. The Bertz CT molecular complexity index is 873. The molecule has 7 nitrogen and oxygen atoms in total. The monoisotopic (exact) mass is 611 g/mol. The number of fused-ring (bicyclic) bond motifs is 1. The van der Waals surface area contributed by atoms with Crippen LogP contribution in [0.5, 0.6) is 0 Å². The number of hydrogen-bond donors (Lipinski definition) is 1. The van der Waals surface area contributed by atoms with Gasteiger partial charge >= 0.3 is 0 Å². The fraction of sp³-hybridized carbons (Fsp3) is 0.759. The maximum atomic E-state index is 14.3. The first-order valence-electron chi connectivity index (χ1n) is 14.3. The number of thioether (sulfide) groups is 1. The molecule has 38 heavy (non-hydrogen) atoms. The van der Waals surface area contributed by atoms with E-state index in [2.05, 4.69) is 36.0 Å². The second kappa shape index (κ2) is 14.4. The van der Waals surface area contributed by atoms with Crippen molar-refractivity contribution in [3.05, 3.63) is 25.3 Å². The number of carbonyl (C=O) groups is 3. The molecule has 9 heteroatoms.